The van der Waals surface area contributed by atoms with Crippen LogP contribution >= 0.6 is 0 Å². The number of aryl methyl sites for hydroxylation is 1. The molecule has 0 aliphatic rings. The van der Waals surface area contributed by atoms with Crippen LogP contribution in [0.3, 0.4) is 0 Å². The number of nitrogens with one attached hydrogen (secondary N) is 1. The lowest BCUT2D eigenvalue weighted by Gasteiger charge is -2.18. The van der Waals surface area contributed by atoms with Crippen LogP contribution in [0.4, 0.5) is 0 Å². The van der Waals surface area contributed by atoms with Gasteiger partial charge in [0, 0.05) is 32.9 Å². The fraction of sp³-hybridized carbons (Fsp3) is 0.471. The summed E-state index contributed by atoms with van der Waals surface area (Å²) >= 11 is 0. The van der Waals surface area contributed by atoms with Gasteiger partial charge in [-0.05, 0) is 24.2 Å². The molecule has 0 saturated carbocycles. The van der Waals surface area contributed by atoms with Crippen molar-refractivity contribution in [1.82, 2.24) is 19.8 Å². The predicted octanol–water partition coefficient (Wildman–Crippen LogP) is 2.55. The van der Waals surface area contributed by atoms with Gasteiger partial charge in [-0.15, -0.1) is 0 Å². The SMILES string of the molecule is CCN(CC)Cc1ccc(CNCc2cncn2C)cc1. The molecule has 1 heterocycles. The van der Waals surface area contributed by atoms with E-state index < -0.39 is 0 Å². The molecule has 0 unspecified atom stereocenters. The number of hydrogen-bond donors (Lipinski definition) is 1. The monoisotopic (exact) mass is 286 g/mol. The molecule has 4 heteroatoms. The van der Waals surface area contributed by atoms with Gasteiger partial charge < -0.3 is 9.88 Å². The van der Waals surface area contributed by atoms with Gasteiger partial charge in [0.15, 0.2) is 0 Å². The molecule has 1 N–H and O–H groups in total. The fourth-order valence-electron chi connectivity index (χ4n) is 2.36. The van der Waals surface area contributed by atoms with Crippen LogP contribution in [-0.2, 0) is 26.7 Å². The molecule has 0 radical (unpaired) electrons. The second-order valence-electron chi connectivity index (χ2n) is 5.38. The molecule has 0 fully saturated rings. The van der Waals surface area contributed by atoms with E-state index in [0.29, 0.717) is 0 Å². The van der Waals surface area contributed by atoms with Crippen LogP contribution in [0, 0.1) is 0 Å². The summed E-state index contributed by atoms with van der Waals surface area (Å²) in [4.78, 5) is 6.55. The summed E-state index contributed by atoms with van der Waals surface area (Å²) in [6, 6.07) is 8.91. The molecule has 0 aliphatic heterocycles. The van der Waals surface area contributed by atoms with Crippen LogP contribution in [-0.4, -0.2) is 27.5 Å². The molecular weight excluding hydrogens is 260 g/mol. The van der Waals surface area contributed by atoms with Crippen LogP contribution in [0.1, 0.15) is 30.7 Å². The van der Waals surface area contributed by atoms with Gasteiger partial charge in [-0.2, -0.15) is 0 Å². The second-order valence-corrected chi connectivity index (χ2v) is 5.38. The second kappa shape index (κ2) is 7.96. The lowest BCUT2D eigenvalue weighted by molar-refractivity contribution is 0.296. The standard InChI is InChI=1S/C17H26N4/c1-4-21(5-2)13-16-8-6-15(7-9-16)10-18-11-17-12-19-14-20(17)3/h6-9,12,14,18H,4-5,10-11,13H2,1-3H3. The minimum Gasteiger partial charge on any atom is -0.337 e. The Morgan fingerprint density at radius 1 is 1.05 bits per heavy atom. The Kier molecular flexibility index (Phi) is 5.96. The topological polar surface area (TPSA) is 33.1 Å². The van der Waals surface area contributed by atoms with Crippen molar-refractivity contribution in [3.8, 4) is 0 Å². The van der Waals surface area contributed by atoms with E-state index in [4.69, 9.17) is 0 Å². The maximum atomic E-state index is 4.12. The van der Waals surface area contributed by atoms with Crippen molar-refractivity contribution >= 4 is 0 Å². The highest BCUT2D eigenvalue weighted by Gasteiger charge is 2.02. The molecule has 0 atom stereocenters. The summed E-state index contributed by atoms with van der Waals surface area (Å²) in [5.41, 5.74) is 3.91. The maximum absolute atomic E-state index is 4.12. The van der Waals surface area contributed by atoms with Crippen molar-refractivity contribution in [2.45, 2.75) is 33.5 Å². The van der Waals surface area contributed by atoms with Crippen LogP contribution < -0.4 is 5.32 Å². The average Bonchev–Trinajstić information content (AvgIpc) is 2.92. The molecule has 114 valence electrons. The Bertz CT molecular complexity index is 526. The normalized spacial score (nSPS) is 11.2. The minimum atomic E-state index is 0.845. The number of rotatable bonds is 8. The average molecular weight is 286 g/mol. The summed E-state index contributed by atoms with van der Waals surface area (Å²) in [6.07, 6.45) is 3.74. The molecule has 0 saturated heterocycles. The molecule has 1 aromatic heterocycles. The Hall–Kier alpha value is -1.65. The number of hydrogen-bond acceptors (Lipinski definition) is 3. The van der Waals surface area contributed by atoms with Gasteiger partial charge in [0.1, 0.15) is 0 Å². The van der Waals surface area contributed by atoms with Gasteiger partial charge in [0.2, 0.25) is 0 Å². The number of imidazole rings is 1. The molecular formula is C17H26N4. The van der Waals surface area contributed by atoms with E-state index in [-0.39, 0.29) is 0 Å². The first kappa shape index (κ1) is 15.7. The third kappa shape index (κ3) is 4.69. The first-order valence-corrected chi connectivity index (χ1v) is 7.69. The van der Waals surface area contributed by atoms with Gasteiger partial charge in [-0.3, -0.25) is 4.90 Å². The van der Waals surface area contributed by atoms with Gasteiger partial charge in [0.05, 0.1) is 12.0 Å². The Morgan fingerprint density at radius 3 is 2.29 bits per heavy atom. The third-order valence-electron chi connectivity index (χ3n) is 3.88. The molecule has 0 aliphatic carbocycles. The zero-order chi connectivity index (χ0) is 15.1. The van der Waals surface area contributed by atoms with E-state index in [2.05, 4.69) is 53.3 Å². The van der Waals surface area contributed by atoms with Crippen molar-refractivity contribution in [3.05, 3.63) is 53.6 Å². The van der Waals surface area contributed by atoms with Crippen LogP contribution in [0.2, 0.25) is 0 Å². The minimum absolute atomic E-state index is 0.845. The van der Waals surface area contributed by atoms with Crippen molar-refractivity contribution in [2.24, 2.45) is 7.05 Å². The maximum Gasteiger partial charge on any atom is 0.0945 e. The van der Waals surface area contributed by atoms with Crippen molar-refractivity contribution in [2.75, 3.05) is 13.1 Å². The van der Waals surface area contributed by atoms with E-state index in [1.165, 1.54) is 16.8 Å². The zero-order valence-electron chi connectivity index (χ0n) is 13.3. The summed E-state index contributed by atoms with van der Waals surface area (Å²) in [5.74, 6) is 0. The molecule has 0 spiro atoms. The van der Waals surface area contributed by atoms with Crippen LogP contribution in [0.25, 0.3) is 0 Å². The lowest BCUT2D eigenvalue weighted by Crippen LogP contribution is -2.22. The highest BCUT2D eigenvalue weighted by atomic mass is 15.1. The summed E-state index contributed by atoms with van der Waals surface area (Å²) in [6.45, 7) is 9.39. The smallest absolute Gasteiger partial charge is 0.0945 e. The predicted molar refractivity (Wildman–Crippen MR) is 86.8 cm³/mol. The molecule has 2 aromatic rings. The molecule has 0 bridgehead atoms. The number of aromatic nitrogens is 2. The van der Waals surface area contributed by atoms with Crippen LogP contribution in [0.15, 0.2) is 36.8 Å². The Labute approximate surface area is 127 Å². The lowest BCUT2D eigenvalue weighted by atomic mass is 10.1. The number of benzene rings is 1. The van der Waals surface area contributed by atoms with E-state index in [1.807, 2.05) is 24.1 Å². The van der Waals surface area contributed by atoms with Gasteiger partial charge in [0.25, 0.3) is 0 Å². The quantitative estimate of drug-likeness (QED) is 0.809. The van der Waals surface area contributed by atoms with Crippen LogP contribution in [0.5, 0.6) is 0 Å². The molecule has 1 aromatic carbocycles. The summed E-state index contributed by atoms with van der Waals surface area (Å²) < 4.78 is 2.04. The highest BCUT2D eigenvalue weighted by molar-refractivity contribution is 5.22. The molecule has 0 amide bonds. The highest BCUT2D eigenvalue weighted by Crippen LogP contribution is 2.08. The molecule has 21 heavy (non-hydrogen) atoms. The Balaban J connectivity index is 1.81. The van der Waals surface area contributed by atoms with Crippen molar-refractivity contribution < 1.29 is 0 Å². The summed E-state index contributed by atoms with van der Waals surface area (Å²) in [5, 5.41) is 3.46. The van der Waals surface area contributed by atoms with E-state index in [9.17, 15) is 0 Å². The van der Waals surface area contributed by atoms with Gasteiger partial charge >= 0.3 is 0 Å². The molecule has 4 nitrogen and oxygen atoms in total. The van der Waals surface area contributed by atoms with Crippen molar-refractivity contribution in [3.63, 3.8) is 0 Å². The Morgan fingerprint density at radius 2 is 1.71 bits per heavy atom. The van der Waals surface area contributed by atoms with E-state index in [1.54, 1.807) is 0 Å². The number of nitrogens with zero attached hydrogens (tertiary/aromatic N) is 3. The summed E-state index contributed by atoms with van der Waals surface area (Å²) in [7, 11) is 2.02. The first-order chi connectivity index (χ1) is 10.2. The largest absolute Gasteiger partial charge is 0.337 e. The third-order valence-corrected chi connectivity index (χ3v) is 3.88. The van der Waals surface area contributed by atoms with Gasteiger partial charge in [-0.1, -0.05) is 38.1 Å². The van der Waals surface area contributed by atoms with Gasteiger partial charge in [-0.25, -0.2) is 4.98 Å². The van der Waals surface area contributed by atoms with E-state index in [0.717, 1.165) is 32.7 Å². The van der Waals surface area contributed by atoms with Crippen molar-refractivity contribution in [1.29, 1.82) is 0 Å². The van der Waals surface area contributed by atoms with E-state index >= 15 is 0 Å². The fourth-order valence-corrected chi connectivity index (χ4v) is 2.36. The zero-order valence-corrected chi connectivity index (χ0v) is 13.3. The molecule has 2 rings (SSSR count). The first-order valence-electron chi connectivity index (χ1n) is 7.69.